The number of hydrogen-bond donors (Lipinski definition) is 3. The molecule has 3 rings (SSSR count). The van der Waals surface area contributed by atoms with Gasteiger partial charge in [0.25, 0.3) is 15.9 Å². The number of aromatic nitrogens is 2. The molecule has 2 aromatic carbocycles. The molecule has 0 fully saturated rings. The number of rotatable bonds is 8. The molecule has 13 heteroatoms. The van der Waals surface area contributed by atoms with E-state index in [1.165, 1.54) is 49.8 Å². The molecule has 0 aliphatic carbocycles. The number of methoxy groups -OCH3 is 1. The summed E-state index contributed by atoms with van der Waals surface area (Å²) in [5.74, 6) is -0.396. The molecule has 0 spiro atoms. The minimum absolute atomic E-state index is 0.0425. The summed E-state index contributed by atoms with van der Waals surface area (Å²) in [6.45, 7) is 0. The van der Waals surface area contributed by atoms with Gasteiger partial charge in [0, 0.05) is 18.1 Å². The summed E-state index contributed by atoms with van der Waals surface area (Å²) in [6.07, 6.45) is 2.81. The van der Waals surface area contributed by atoms with Crippen LogP contribution in [0.5, 0.6) is 5.75 Å². The van der Waals surface area contributed by atoms with E-state index in [9.17, 15) is 18.5 Å². The van der Waals surface area contributed by atoms with Gasteiger partial charge in [0.1, 0.15) is 11.8 Å². The number of hydrazone groups is 1. The number of benzene rings is 2. The van der Waals surface area contributed by atoms with Gasteiger partial charge in [0.15, 0.2) is 0 Å². The molecule has 1 aromatic heterocycles. The first kappa shape index (κ1) is 23.5. The van der Waals surface area contributed by atoms with E-state index in [-0.39, 0.29) is 15.9 Å². The Hall–Kier alpha value is -4.21. The highest BCUT2D eigenvalue weighted by Crippen LogP contribution is 2.27. The number of hydrogen-bond acceptors (Lipinski definition) is 9. The van der Waals surface area contributed by atoms with Gasteiger partial charge in [0.2, 0.25) is 11.7 Å². The number of carbonyl (C=O) groups is 1. The average Bonchev–Trinajstić information content (AvgIpc) is 2.80. The van der Waals surface area contributed by atoms with Crippen LogP contribution >= 0.6 is 11.6 Å². The number of carbonyl (C=O) groups excluding carboxylic acids is 1. The van der Waals surface area contributed by atoms with Crippen LogP contribution in [0, 0.1) is 11.3 Å². The van der Waals surface area contributed by atoms with Crippen LogP contribution in [0.4, 0.5) is 17.3 Å². The molecule has 0 atom stereocenters. The first-order valence-electron chi connectivity index (χ1n) is 9.11. The first-order valence-corrected chi connectivity index (χ1v) is 11.0. The lowest BCUT2D eigenvalue weighted by Gasteiger charge is -2.08. The number of sulfonamides is 1. The van der Waals surface area contributed by atoms with Gasteiger partial charge in [-0.3, -0.25) is 10.2 Å². The Labute approximate surface area is 194 Å². The molecular weight excluding hydrogens is 470 g/mol. The molecule has 0 saturated heterocycles. The number of amides is 1. The molecule has 0 aliphatic heterocycles. The fourth-order valence-electron chi connectivity index (χ4n) is 2.42. The summed E-state index contributed by atoms with van der Waals surface area (Å²) in [5, 5.41) is 15.8. The summed E-state index contributed by atoms with van der Waals surface area (Å²) in [7, 11) is -2.44. The molecule has 0 saturated carbocycles. The third-order valence-electron chi connectivity index (χ3n) is 3.98. The van der Waals surface area contributed by atoms with E-state index in [0.29, 0.717) is 17.1 Å². The van der Waals surface area contributed by atoms with Crippen LogP contribution in [0.3, 0.4) is 0 Å². The second-order valence-corrected chi connectivity index (χ2v) is 8.28. The second kappa shape index (κ2) is 10.4. The maximum absolute atomic E-state index is 12.4. The topological polar surface area (TPSA) is 158 Å². The van der Waals surface area contributed by atoms with Gasteiger partial charge < -0.3 is 10.1 Å². The molecule has 1 heterocycles. The van der Waals surface area contributed by atoms with Gasteiger partial charge in [0.05, 0.1) is 22.7 Å². The van der Waals surface area contributed by atoms with Gasteiger partial charge in [-0.05, 0) is 48.5 Å². The van der Waals surface area contributed by atoms with Gasteiger partial charge >= 0.3 is 0 Å². The van der Waals surface area contributed by atoms with Crippen LogP contribution in [0.15, 0.2) is 70.9 Å². The van der Waals surface area contributed by atoms with Crippen LogP contribution < -0.4 is 20.2 Å². The monoisotopic (exact) mass is 485 g/mol. The maximum atomic E-state index is 12.4. The average molecular weight is 486 g/mol. The molecule has 1 amide bonds. The van der Waals surface area contributed by atoms with Crippen molar-refractivity contribution < 1.29 is 17.9 Å². The van der Waals surface area contributed by atoms with E-state index < -0.39 is 21.6 Å². The largest absolute Gasteiger partial charge is 0.495 e. The fraction of sp³-hybridized carbons (Fsp3) is 0.0500. The number of nitrogens with one attached hydrogen (secondary N) is 3. The highest BCUT2D eigenvalue weighted by molar-refractivity contribution is 7.92. The molecule has 0 radical (unpaired) electrons. The zero-order valence-electron chi connectivity index (χ0n) is 17.0. The van der Waals surface area contributed by atoms with Crippen molar-refractivity contribution in [2.45, 2.75) is 4.90 Å². The van der Waals surface area contributed by atoms with Gasteiger partial charge in [-0.2, -0.15) is 10.4 Å². The summed E-state index contributed by atoms with van der Waals surface area (Å²) >= 11 is 6.02. The van der Waals surface area contributed by atoms with Gasteiger partial charge in [-0.25, -0.2) is 23.1 Å². The second-order valence-electron chi connectivity index (χ2n) is 6.19. The zero-order chi connectivity index (χ0) is 23.8. The number of nitrogens with zero attached hydrogens (tertiary/aromatic N) is 4. The van der Waals surface area contributed by atoms with Gasteiger partial charge in [-0.1, -0.05) is 11.6 Å². The van der Waals surface area contributed by atoms with E-state index in [1.807, 2.05) is 0 Å². The van der Waals surface area contributed by atoms with Crippen molar-refractivity contribution in [3.8, 4) is 11.8 Å². The van der Waals surface area contributed by atoms with Crippen molar-refractivity contribution in [2.24, 2.45) is 5.10 Å². The first-order chi connectivity index (χ1) is 15.8. The van der Waals surface area contributed by atoms with Crippen molar-refractivity contribution in [3.63, 3.8) is 0 Å². The summed E-state index contributed by atoms with van der Waals surface area (Å²) < 4.78 is 32.1. The van der Waals surface area contributed by atoms with E-state index in [4.69, 9.17) is 16.3 Å². The Morgan fingerprint density at radius 3 is 2.39 bits per heavy atom. The van der Waals surface area contributed by atoms with Crippen molar-refractivity contribution in [3.05, 3.63) is 65.9 Å². The molecule has 0 bridgehead atoms. The van der Waals surface area contributed by atoms with Crippen LogP contribution in [0.1, 0.15) is 0 Å². The third-order valence-corrected chi connectivity index (χ3v) is 5.62. The zero-order valence-corrected chi connectivity index (χ0v) is 18.6. The van der Waals surface area contributed by atoms with Crippen LogP contribution in [-0.2, 0) is 14.8 Å². The van der Waals surface area contributed by atoms with Crippen molar-refractivity contribution in [1.82, 2.24) is 9.97 Å². The number of nitriles is 1. The Morgan fingerprint density at radius 1 is 1.12 bits per heavy atom. The number of ether oxygens (including phenoxy) is 1. The lowest BCUT2D eigenvalue weighted by Crippen LogP contribution is -2.22. The highest BCUT2D eigenvalue weighted by Gasteiger charge is 2.16. The SMILES string of the molecule is COc1ccc(NC(=O)C(C#N)=NNc2ccc(S(=O)(=O)Nc3ncccn3)cc2)cc1Cl. The Morgan fingerprint density at radius 2 is 1.79 bits per heavy atom. The van der Waals surface area contributed by atoms with Crippen LogP contribution in [-0.4, -0.2) is 37.1 Å². The number of anilines is 3. The summed E-state index contributed by atoms with van der Waals surface area (Å²) in [5.41, 5.74) is 2.77. The molecule has 3 N–H and O–H groups in total. The predicted octanol–water partition coefficient (Wildman–Crippen LogP) is 2.87. The quantitative estimate of drug-likeness (QED) is 0.324. The Bertz CT molecular complexity index is 1320. The molecule has 0 unspecified atom stereocenters. The smallest absolute Gasteiger partial charge is 0.287 e. The summed E-state index contributed by atoms with van der Waals surface area (Å²) in [4.78, 5) is 19.9. The Balaban J connectivity index is 1.67. The molecule has 11 nitrogen and oxygen atoms in total. The maximum Gasteiger partial charge on any atom is 0.287 e. The standard InChI is InChI=1S/C20H16ClN7O4S/c1-32-18-8-5-14(11-16(18)21)25-19(29)17(12-22)27-26-13-3-6-15(7-4-13)33(30,31)28-20-23-9-2-10-24-20/h2-11,26H,1H3,(H,25,29)(H,23,24,28). The number of halogens is 1. The molecule has 3 aromatic rings. The van der Waals surface area contributed by atoms with E-state index in [1.54, 1.807) is 24.3 Å². The Kier molecular flexibility index (Phi) is 7.39. The molecular formula is C20H16ClN7O4S. The van der Waals surface area contributed by atoms with E-state index >= 15 is 0 Å². The minimum Gasteiger partial charge on any atom is -0.495 e. The van der Waals surface area contributed by atoms with Crippen molar-refractivity contribution in [1.29, 1.82) is 5.26 Å². The lowest BCUT2D eigenvalue weighted by molar-refractivity contribution is -0.110. The molecule has 168 valence electrons. The molecule has 33 heavy (non-hydrogen) atoms. The molecule has 0 aliphatic rings. The third kappa shape index (κ3) is 6.16. The minimum atomic E-state index is -3.90. The van der Waals surface area contributed by atoms with E-state index in [2.05, 4.69) is 30.5 Å². The fourth-order valence-corrected chi connectivity index (χ4v) is 3.64. The van der Waals surface area contributed by atoms with Crippen molar-refractivity contribution >= 4 is 50.6 Å². The highest BCUT2D eigenvalue weighted by atomic mass is 35.5. The van der Waals surface area contributed by atoms with E-state index in [0.717, 1.165) is 0 Å². The van der Waals surface area contributed by atoms with Crippen LogP contribution in [0.2, 0.25) is 5.02 Å². The van der Waals surface area contributed by atoms with Crippen LogP contribution in [0.25, 0.3) is 0 Å². The van der Waals surface area contributed by atoms with Crippen molar-refractivity contribution in [2.75, 3.05) is 22.6 Å². The lowest BCUT2D eigenvalue weighted by atomic mass is 10.3. The predicted molar refractivity (Wildman–Crippen MR) is 123 cm³/mol. The van der Waals surface area contributed by atoms with Gasteiger partial charge in [-0.15, -0.1) is 0 Å². The summed E-state index contributed by atoms with van der Waals surface area (Å²) in [6, 6.07) is 13.3. The normalized spacial score (nSPS) is 11.2.